The fraction of sp³-hybridized carbons (Fsp3) is 0.389. The summed E-state index contributed by atoms with van der Waals surface area (Å²) in [5, 5.41) is 14.0. The minimum Gasteiger partial charge on any atom is -0.467 e. The van der Waals surface area contributed by atoms with Gasteiger partial charge in [-0.3, -0.25) is 9.48 Å². The van der Waals surface area contributed by atoms with Crippen LogP contribution < -0.4 is 0 Å². The molecule has 0 radical (unpaired) electrons. The van der Waals surface area contributed by atoms with Crippen LogP contribution in [0.5, 0.6) is 0 Å². The maximum atomic E-state index is 12.9. The van der Waals surface area contributed by atoms with Crippen molar-refractivity contribution in [2.45, 2.75) is 31.5 Å². The van der Waals surface area contributed by atoms with Gasteiger partial charge in [-0.15, -0.1) is 0 Å². The molecule has 0 saturated carbocycles. The van der Waals surface area contributed by atoms with E-state index in [1.165, 1.54) is 12.0 Å². The summed E-state index contributed by atoms with van der Waals surface area (Å²) in [7, 11) is 1.29. The van der Waals surface area contributed by atoms with Crippen LogP contribution in [-0.2, 0) is 16.1 Å². The molecule has 1 amide bonds. The fourth-order valence-electron chi connectivity index (χ4n) is 3.10. The highest BCUT2D eigenvalue weighted by Gasteiger charge is 2.36. The number of aliphatic hydroxyl groups excluding tert-OH is 1. The lowest BCUT2D eigenvalue weighted by Gasteiger charge is -2.36. The predicted molar refractivity (Wildman–Crippen MR) is 89.9 cm³/mol. The average molecular weight is 343 g/mol. The Hall–Kier alpha value is -2.67. The number of methoxy groups -OCH3 is 1. The summed E-state index contributed by atoms with van der Waals surface area (Å²) in [6.07, 6.45) is 3.61. The fourth-order valence-corrected chi connectivity index (χ4v) is 3.10. The van der Waals surface area contributed by atoms with Gasteiger partial charge >= 0.3 is 5.97 Å². The minimum absolute atomic E-state index is 0.200. The van der Waals surface area contributed by atoms with Crippen molar-refractivity contribution < 1.29 is 19.4 Å². The Kier molecular flexibility index (Phi) is 5.14. The number of esters is 1. The van der Waals surface area contributed by atoms with Crippen molar-refractivity contribution in [3.63, 3.8) is 0 Å². The smallest absolute Gasteiger partial charge is 0.328 e. The molecule has 1 aromatic heterocycles. The van der Waals surface area contributed by atoms with E-state index in [9.17, 15) is 14.7 Å². The molecule has 0 unspecified atom stereocenters. The van der Waals surface area contributed by atoms with Crippen LogP contribution in [0.3, 0.4) is 0 Å². The van der Waals surface area contributed by atoms with Crippen LogP contribution in [0.15, 0.2) is 42.7 Å². The van der Waals surface area contributed by atoms with Gasteiger partial charge in [0.15, 0.2) is 0 Å². The van der Waals surface area contributed by atoms with Crippen molar-refractivity contribution in [2.75, 3.05) is 13.7 Å². The standard InChI is InChI=1S/C18H21N3O4/c1-25-18(24)16-11-15(22)6-9-21(16)17(23)14-5-2-4-13(10-14)12-20-8-3-7-19-20/h2-5,7-8,10,15-16,22H,6,9,11-12H2,1H3/t15-,16+/m0/s1. The monoisotopic (exact) mass is 343 g/mol. The maximum absolute atomic E-state index is 12.9. The lowest BCUT2D eigenvalue weighted by molar-refractivity contribution is -0.148. The number of likely N-dealkylation sites (tertiary alicyclic amines) is 1. The second-order valence-corrected chi connectivity index (χ2v) is 6.12. The number of carbonyl (C=O) groups is 2. The number of aliphatic hydroxyl groups is 1. The van der Waals surface area contributed by atoms with Crippen molar-refractivity contribution in [3.8, 4) is 0 Å². The first kappa shape index (κ1) is 17.2. The van der Waals surface area contributed by atoms with Gasteiger partial charge in [0.2, 0.25) is 0 Å². The van der Waals surface area contributed by atoms with E-state index in [4.69, 9.17) is 4.74 Å². The molecule has 0 bridgehead atoms. The lowest BCUT2D eigenvalue weighted by Crippen LogP contribution is -2.51. The summed E-state index contributed by atoms with van der Waals surface area (Å²) >= 11 is 0. The Morgan fingerprint density at radius 1 is 1.36 bits per heavy atom. The highest BCUT2D eigenvalue weighted by Crippen LogP contribution is 2.22. The summed E-state index contributed by atoms with van der Waals surface area (Å²) in [6, 6.07) is 8.37. The van der Waals surface area contributed by atoms with Crippen LogP contribution in [0.2, 0.25) is 0 Å². The molecule has 2 aromatic rings. The van der Waals surface area contributed by atoms with E-state index in [1.807, 2.05) is 30.5 Å². The number of ether oxygens (including phenoxy) is 1. The Labute approximate surface area is 145 Å². The van der Waals surface area contributed by atoms with Gasteiger partial charge in [-0.1, -0.05) is 12.1 Å². The Balaban J connectivity index is 1.80. The average Bonchev–Trinajstić information content (AvgIpc) is 3.13. The van der Waals surface area contributed by atoms with Crippen molar-refractivity contribution >= 4 is 11.9 Å². The van der Waals surface area contributed by atoms with E-state index in [-0.39, 0.29) is 12.3 Å². The number of hydrogen-bond acceptors (Lipinski definition) is 5. The summed E-state index contributed by atoms with van der Waals surface area (Å²) < 4.78 is 6.57. The molecule has 1 saturated heterocycles. The molecule has 3 rings (SSSR count). The zero-order valence-corrected chi connectivity index (χ0v) is 14.0. The molecule has 25 heavy (non-hydrogen) atoms. The van der Waals surface area contributed by atoms with Crippen LogP contribution in [0.1, 0.15) is 28.8 Å². The summed E-state index contributed by atoms with van der Waals surface area (Å²) in [5.74, 6) is -0.732. The molecule has 7 nitrogen and oxygen atoms in total. The van der Waals surface area contributed by atoms with Crippen LogP contribution in [0.4, 0.5) is 0 Å². The van der Waals surface area contributed by atoms with Gasteiger partial charge in [0.25, 0.3) is 5.91 Å². The van der Waals surface area contributed by atoms with Crippen molar-refractivity contribution in [1.29, 1.82) is 0 Å². The number of hydrogen-bond donors (Lipinski definition) is 1. The Morgan fingerprint density at radius 2 is 2.20 bits per heavy atom. The third-order valence-electron chi connectivity index (χ3n) is 4.39. The maximum Gasteiger partial charge on any atom is 0.328 e. The zero-order valence-electron chi connectivity index (χ0n) is 14.0. The molecule has 1 aliphatic rings. The second kappa shape index (κ2) is 7.48. The third-order valence-corrected chi connectivity index (χ3v) is 4.39. The van der Waals surface area contributed by atoms with E-state index in [0.29, 0.717) is 25.1 Å². The van der Waals surface area contributed by atoms with Gasteiger partial charge in [0.1, 0.15) is 6.04 Å². The lowest BCUT2D eigenvalue weighted by atomic mass is 9.98. The summed E-state index contributed by atoms with van der Waals surface area (Å²) in [6.45, 7) is 0.885. The quantitative estimate of drug-likeness (QED) is 0.840. The summed E-state index contributed by atoms with van der Waals surface area (Å²) in [5.41, 5.74) is 1.45. The van der Waals surface area contributed by atoms with Gasteiger partial charge in [-0.2, -0.15) is 5.10 Å². The molecule has 1 aliphatic heterocycles. The van der Waals surface area contributed by atoms with E-state index >= 15 is 0 Å². The molecule has 0 aliphatic carbocycles. The number of rotatable bonds is 4. The first-order valence-corrected chi connectivity index (χ1v) is 8.21. The van der Waals surface area contributed by atoms with Crippen LogP contribution in [0, 0.1) is 0 Å². The molecule has 7 heteroatoms. The molecule has 1 fully saturated rings. The van der Waals surface area contributed by atoms with Gasteiger partial charge in [0, 0.05) is 30.9 Å². The van der Waals surface area contributed by atoms with E-state index in [0.717, 1.165) is 5.56 Å². The van der Waals surface area contributed by atoms with Gasteiger partial charge in [0.05, 0.1) is 19.8 Å². The number of amides is 1. The summed E-state index contributed by atoms with van der Waals surface area (Å²) in [4.78, 5) is 26.4. The number of carbonyl (C=O) groups excluding carboxylic acids is 2. The van der Waals surface area contributed by atoms with E-state index in [2.05, 4.69) is 5.10 Å². The van der Waals surface area contributed by atoms with E-state index < -0.39 is 18.1 Å². The molecule has 1 aromatic carbocycles. The number of nitrogens with zero attached hydrogens (tertiary/aromatic N) is 3. The van der Waals surface area contributed by atoms with Crippen molar-refractivity contribution in [1.82, 2.24) is 14.7 Å². The van der Waals surface area contributed by atoms with Crippen molar-refractivity contribution in [3.05, 3.63) is 53.9 Å². The zero-order chi connectivity index (χ0) is 17.8. The van der Waals surface area contributed by atoms with Gasteiger partial charge in [-0.05, 0) is 30.2 Å². The van der Waals surface area contributed by atoms with Crippen LogP contribution >= 0.6 is 0 Å². The number of piperidine rings is 1. The van der Waals surface area contributed by atoms with E-state index in [1.54, 1.807) is 16.9 Å². The molecular weight excluding hydrogens is 322 g/mol. The van der Waals surface area contributed by atoms with Crippen LogP contribution in [0.25, 0.3) is 0 Å². The third kappa shape index (κ3) is 3.88. The van der Waals surface area contributed by atoms with Gasteiger partial charge < -0.3 is 14.7 Å². The first-order chi connectivity index (χ1) is 12.1. The molecule has 132 valence electrons. The Morgan fingerprint density at radius 3 is 2.92 bits per heavy atom. The molecule has 2 heterocycles. The minimum atomic E-state index is -0.754. The number of aromatic nitrogens is 2. The predicted octanol–water partition coefficient (Wildman–Crippen LogP) is 1.07. The number of benzene rings is 1. The Bertz CT molecular complexity index is 745. The molecule has 1 N–H and O–H groups in total. The second-order valence-electron chi connectivity index (χ2n) is 6.12. The molecule has 0 spiro atoms. The normalized spacial score (nSPS) is 20.3. The first-order valence-electron chi connectivity index (χ1n) is 8.21. The molecular formula is C18H21N3O4. The highest BCUT2D eigenvalue weighted by molar-refractivity contribution is 5.97. The largest absolute Gasteiger partial charge is 0.467 e. The molecule has 2 atom stereocenters. The highest BCUT2D eigenvalue weighted by atomic mass is 16.5. The van der Waals surface area contributed by atoms with Gasteiger partial charge in [-0.25, -0.2) is 4.79 Å². The van der Waals surface area contributed by atoms with Crippen LogP contribution in [-0.4, -0.2) is 57.5 Å². The topological polar surface area (TPSA) is 84.7 Å². The SMILES string of the molecule is COC(=O)[C@H]1C[C@@H](O)CCN1C(=O)c1cccc(Cn2cccn2)c1. The van der Waals surface area contributed by atoms with Crippen molar-refractivity contribution in [2.24, 2.45) is 0 Å².